The molecule has 5 nitrogen and oxygen atoms in total. The fourth-order valence-corrected chi connectivity index (χ4v) is 1.93. The van der Waals surface area contributed by atoms with Crippen LogP contribution in [-0.4, -0.2) is 21.5 Å². The molecule has 2 aromatic rings. The number of nitrogens with two attached hydrogens (primary N) is 1. The Morgan fingerprint density at radius 2 is 2.20 bits per heavy atom. The van der Waals surface area contributed by atoms with E-state index in [0.717, 1.165) is 17.8 Å². The molecule has 0 aliphatic heterocycles. The quantitative estimate of drug-likeness (QED) is 0.876. The maximum Gasteiger partial charge on any atom is 0.241 e. The molecule has 0 aliphatic rings. The average Bonchev–Trinajstić information content (AvgIpc) is 3.00. The first-order valence-electron chi connectivity index (χ1n) is 6.77. The Bertz CT molecular complexity index is 565. The van der Waals surface area contributed by atoms with Crippen LogP contribution in [0.25, 0.3) is 5.69 Å². The van der Waals surface area contributed by atoms with Gasteiger partial charge in [-0.2, -0.15) is 0 Å². The van der Waals surface area contributed by atoms with Crippen molar-refractivity contribution in [3.63, 3.8) is 0 Å². The van der Waals surface area contributed by atoms with Gasteiger partial charge in [0.05, 0.1) is 23.7 Å². The van der Waals surface area contributed by atoms with Crippen molar-refractivity contribution in [3.8, 4) is 5.69 Å². The zero-order valence-corrected chi connectivity index (χ0v) is 11.8. The highest BCUT2D eigenvalue weighted by atomic mass is 16.2. The minimum absolute atomic E-state index is 0.149. The van der Waals surface area contributed by atoms with Gasteiger partial charge in [-0.15, -0.1) is 0 Å². The normalized spacial score (nSPS) is 13.8. The van der Waals surface area contributed by atoms with E-state index < -0.39 is 6.04 Å². The first-order valence-corrected chi connectivity index (χ1v) is 6.77. The van der Waals surface area contributed by atoms with Crippen molar-refractivity contribution in [2.45, 2.75) is 26.3 Å². The standard InChI is InChI=1S/C15H20N4O/c1-3-11(2)14(16)15(20)18-12-6-4-5-7-13(12)19-9-8-17-10-19/h4-11,14H,3,16H2,1-2H3,(H,18,20)/t11?,14-/m0/s1. The van der Waals surface area contributed by atoms with Gasteiger partial charge in [-0.25, -0.2) is 4.98 Å². The number of carbonyl (C=O) groups excluding carboxylic acids is 1. The van der Waals surface area contributed by atoms with Gasteiger partial charge in [-0.1, -0.05) is 32.4 Å². The number of nitrogens with one attached hydrogen (secondary N) is 1. The molecule has 3 N–H and O–H groups in total. The third-order valence-corrected chi connectivity index (χ3v) is 3.50. The number of anilines is 1. The Labute approximate surface area is 118 Å². The second-order valence-electron chi connectivity index (χ2n) is 4.89. The Morgan fingerprint density at radius 3 is 2.85 bits per heavy atom. The number of hydrogen-bond donors (Lipinski definition) is 2. The maximum absolute atomic E-state index is 12.2. The molecule has 5 heteroatoms. The van der Waals surface area contributed by atoms with Crippen LogP contribution in [0, 0.1) is 5.92 Å². The molecule has 0 fully saturated rings. The number of hydrogen-bond acceptors (Lipinski definition) is 3. The van der Waals surface area contributed by atoms with Gasteiger partial charge < -0.3 is 15.6 Å². The maximum atomic E-state index is 12.2. The number of aromatic nitrogens is 2. The van der Waals surface area contributed by atoms with Gasteiger partial charge in [0, 0.05) is 12.4 Å². The van der Waals surface area contributed by atoms with Gasteiger partial charge in [-0.3, -0.25) is 4.79 Å². The summed E-state index contributed by atoms with van der Waals surface area (Å²) in [4.78, 5) is 16.2. The number of benzene rings is 1. The second-order valence-corrected chi connectivity index (χ2v) is 4.89. The highest BCUT2D eigenvalue weighted by molar-refractivity contribution is 5.96. The molecule has 0 spiro atoms. The zero-order valence-electron chi connectivity index (χ0n) is 11.8. The Kier molecular flexibility index (Phi) is 4.53. The van der Waals surface area contributed by atoms with Crippen LogP contribution in [0.1, 0.15) is 20.3 Å². The highest BCUT2D eigenvalue weighted by Crippen LogP contribution is 2.20. The second kappa shape index (κ2) is 6.34. The van der Waals surface area contributed by atoms with Gasteiger partial charge in [-0.05, 0) is 18.1 Å². The lowest BCUT2D eigenvalue weighted by Gasteiger charge is -2.19. The smallest absolute Gasteiger partial charge is 0.241 e. The van der Waals surface area contributed by atoms with Crippen LogP contribution in [0.5, 0.6) is 0 Å². The van der Waals surface area contributed by atoms with E-state index in [1.54, 1.807) is 12.5 Å². The highest BCUT2D eigenvalue weighted by Gasteiger charge is 2.20. The van der Waals surface area contributed by atoms with Crippen molar-refractivity contribution in [2.24, 2.45) is 11.7 Å². The fourth-order valence-electron chi connectivity index (χ4n) is 1.93. The molecule has 1 heterocycles. The summed E-state index contributed by atoms with van der Waals surface area (Å²) in [5.74, 6) is -0.0117. The van der Waals surface area contributed by atoms with E-state index in [4.69, 9.17) is 5.73 Å². The van der Waals surface area contributed by atoms with Crippen LogP contribution in [0.15, 0.2) is 43.0 Å². The lowest BCUT2D eigenvalue weighted by atomic mass is 9.99. The SMILES string of the molecule is CCC(C)[C@H](N)C(=O)Nc1ccccc1-n1ccnc1. The van der Waals surface area contributed by atoms with Gasteiger partial charge in [0.1, 0.15) is 0 Å². The number of rotatable bonds is 5. The van der Waals surface area contributed by atoms with Crippen molar-refractivity contribution in [1.29, 1.82) is 0 Å². The minimum atomic E-state index is -0.504. The Balaban J connectivity index is 2.20. The van der Waals surface area contributed by atoms with Crippen molar-refractivity contribution in [1.82, 2.24) is 9.55 Å². The third-order valence-electron chi connectivity index (χ3n) is 3.50. The van der Waals surface area contributed by atoms with E-state index in [1.165, 1.54) is 0 Å². The van der Waals surface area contributed by atoms with E-state index in [2.05, 4.69) is 10.3 Å². The predicted molar refractivity (Wildman–Crippen MR) is 79.6 cm³/mol. The molecule has 20 heavy (non-hydrogen) atoms. The topological polar surface area (TPSA) is 72.9 Å². The summed E-state index contributed by atoms with van der Waals surface area (Å²) in [7, 11) is 0. The zero-order chi connectivity index (χ0) is 14.5. The number of carbonyl (C=O) groups is 1. The monoisotopic (exact) mass is 272 g/mol. The van der Waals surface area contributed by atoms with E-state index in [0.29, 0.717) is 0 Å². The van der Waals surface area contributed by atoms with Crippen LogP contribution in [0.3, 0.4) is 0 Å². The molecule has 1 aromatic carbocycles. The Morgan fingerprint density at radius 1 is 1.45 bits per heavy atom. The molecule has 1 aromatic heterocycles. The summed E-state index contributed by atoms with van der Waals surface area (Å²) >= 11 is 0. The summed E-state index contributed by atoms with van der Waals surface area (Å²) < 4.78 is 1.85. The molecule has 0 bridgehead atoms. The first-order chi connectivity index (χ1) is 9.63. The van der Waals surface area contributed by atoms with Crippen molar-refractivity contribution in [3.05, 3.63) is 43.0 Å². The summed E-state index contributed by atoms with van der Waals surface area (Å²) in [5, 5.41) is 2.90. The van der Waals surface area contributed by atoms with Crippen LogP contribution >= 0.6 is 0 Å². The van der Waals surface area contributed by atoms with Crippen LogP contribution < -0.4 is 11.1 Å². The van der Waals surface area contributed by atoms with Crippen LogP contribution in [0.4, 0.5) is 5.69 Å². The number of imidazole rings is 1. The summed E-state index contributed by atoms with van der Waals surface area (Å²) in [5.41, 5.74) is 7.56. The molecular formula is C15H20N4O. The van der Waals surface area contributed by atoms with Gasteiger partial charge in [0.2, 0.25) is 5.91 Å². The average molecular weight is 272 g/mol. The summed E-state index contributed by atoms with van der Waals surface area (Å²) in [6.45, 7) is 4.00. The van der Waals surface area contributed by atoms with Crippen LogP contribution in [0.2, 0.25) is 0 Å². The van der Waals surface area contributed by atoms with Crippen molar-refractivity contribution in [2.75, 3.05) is 5.32 Å². The molecule has 0 saturated carbocycles. The largest absolute Gasteiger partial charge is 0.323 e. The van der Waals surface area contributed by atoms with Crippen molar-refractivity contribution >= 4 is 11.6 Å². The van der Waals surface area contributed by atoms with Gasteiger partial charge in [0.15, 0.2) is 0 Å². The molecule has 0 aliphatic carbocycles. The molecule has 1 unspecified atom stereocenters. The van der Waals surface area contributed by atoms with Gasteiger partial charge >= 0.3 is 0 Å². The minimum Gasteiger partial charge on any atom is -0.323 e. The van der Waals surface area contributed by atoms with Crippen LogP contribution in [-0.2, 0) is 4.79 Å². The lowest BCUT2D eigenvalue weighted by molar-refractivity contribution is -0.118. The fraction of sp³-hybridized carbons (Fsp3) is 0.333. The van der Waals surface area contributed by atoms with E-state index in [1.807, 2.05) is 48.9 Å². The molecule has 2 atom stereocenters. The molecule has 2 rings (SSSR count). The number of nitrogens with zero attached hydrogens (tertiary/aromatic N) is 2. The Hall–Kier alpha value is -2.14. The van der Waals surface area contributed by atoms with Gasteiger partial charge in [0.25, 0.3) is 0 Å². The lowest BCUT2D eigenvalue weighted by Crippen LogP contribution is -2.40. The molecule has 1 amide bonds. The predicted octanol–water partition coefficient (Wildman–Crippen LogP) is 2.18. The third kappa shape index (κ3) is 3.05. The molecular weight excluding hydrogens is 252 g/mol. The summed E-state index contributed by atoms with van der Waals surface area (Å²) in [6, 6.07) is 7.07. The first kappa shape index (κ1) is 14.3. The summed E-state index contributed by atoms with van der Waals surface area (Å²) in [6.07, 6.45) is 6.10. The molecule has 106 valence electrons. The van der Waals surface area contributed by atoms with E-state index in [-0.39, 0.29) is 11.8 Å². The van der Waals surface area contributed by atoms with E-state index >= 15 is 0 Å². The molecule has 0 saturated heterocycles. The van der Waals surface area contributed by atoms with E-state index in [9.17, 15) is 4.79 Å². The number of para-hydroxylation sites is 2. The molecule has 0 radical (unpaired) electrons. The van der Waals surface area contributed by atoms with Crippen molar-refractivity contribution < 1.29 is 4.79 Å². The number of amides is 1.